The van der Waals surface area contributed by atoms with Crippen LogP contribution in [0.2, 0.25) is 0 Å². The summed E-state index contributed by atoms with van der Waals surface area (Å²) in [4.78, 5) is 32.2. The first-order valence-electron chi connectivity index (χ1n) is 8.94. The number of rotatable bonds is 7. The number of carbonyl (C=O) groups excluding carboxylic acids is 1. The Hall–Kier alpha value is -2.16. The molecule has 0 aliphatic carbocycles. The quantitative estimate of drug-likeness (QED) is 0.467. The molecule has 0 unspecified atom stereocenters. The van der Waals surface area contributed by atoms with Crippen molar-refractivity contribution in [2.45, 2.75) is 37.7 Å². The molecule has 8 heteroatoms. The number of aromatic nitrogens is 2. The van der Waals surface area contributed by atoms with Crippen molar-refractivity contribution in [2.24, 2.45) is 0 Å². The van der Waals surface area contributed by atoms with E-state index in [0.717, 1.165) is 16.1 Å². The highest BCUT2D eigenvalue weighted by atomic mass is 32.2. The fraction of sp³-hybridized carbons (Fsp3) is 0.350. The molecule has 0 spiro atoms. The molecule has 1 atom stereocenters. The minimum absolute atomic E-state index is 0.0814. The summed E-state index contributed by atoms with van der Waals surface area (Å²) in [5.41, 5.74) is 1.63. The van der Waals surface area contributed by atoms with Crippen LogP contribution in [0.3, 0.4) is 0 Å². The van der Waals surface area contributed by atoms with Gasteiger partial charge in [0.25, 0.3) is 5.56 Å². The maximum absolute atomic E-state index is 13.1. The standard InChI is InChI=1S/C20H23N3O3S2/c1-12-13(2)27-18-16(12)19(25)23(10-11-26-4)20(22-18)28-14(3)17(24)21-15-8-6-5-7-9-15/h5-9,14H,10-11H2,1-4H3,(H,21,24)/t14-/m1/s1. The van der Waals surface area contributed by atoms with Gasteiger partial charge in [-0.2, -0.15) is 0 Å². The second kappa shape index (κ2) is 8.89. The number of ether oxygens (including phenoxy) is 1. The second-order valence-corrected chi connectivity index (χ2v) is 8.93. The second-order valence-electron chi connectivity index (χ2n) is 6.42. The van der Waals surface area contributed by atoms with Crippen LogP contribution in [-0.4, -0.2) is 34.4 Å². The summed E-state index contributed by atoms with van der Waals surface area (Å²) >= 11 is 2.79. The van der Waals surface area contributed by atoms with Crippen molar-refractivity contribution < 1.29 is 9.53 Å². The molecule has 0 bridgehead atoms. The Morgan fingerprint density at radius 1 is 1.32 bits per heavy atom. The lowest BCUT2D eigenvalue weighted by Gasteiger charge is -2.15. The molecule has 0 saturated carbocycles. The van der Waals surface area contributed by atoms with E-state index in [1.54, 1.807) is 11.7 Å². The van der Waals surface area contributed by atoms with Gasteiger partial charge in [0, 0.05) is 17.7 Å². The van der Waals surface area contributed by atoms with E-state index in [0.29, 0.717) is 28.5 Å². The molecular formula is C20H23N3O3S2. The lowest BCUT2D eigenvalue weighted by molar-refractivity contribution is -0.115. The van der Waals surface area contributed by atoms with Crippen LogP contribution in [0.4, 0.5) is 5.69 Å². The highest BCUT2D eigenvalue weighted by Gasteiger charge is 2.21. The first-order valence-corrected chi connectivity index (χ1v) is 10.6. The van der Waals surface area contributed by atoms with Crippen LogP contribution in [-0.2, 0) is 16.1 Å². The summed E-state index contributed by atoms with van der Waals surface area (Å²) in [5.74, 6) is -0.137. The van der Waals surface area contributed by atoms with Gasteiger partial charge in [-0.3, -0.25) is 14.2 Å². The van der Waals surface area contributed by atoms with E-state index in [1.165, 1.54) is 23.1 Å². The molecule has 1 amide bonds. The molecule has 6 nitrogen and oxygen atoms in total. The van der Waals surface area contributed by atoms with Crippen LogP contribution in [0.5, 0.6) is 0 Å². The molecule has 148 valence electrons. The van der Waals surface area contributed by atoms with Crippen molar-refractivity contribution in [1.82, 2.24) is 9.55 Å². The number of para-hydroxylation sites is 1. The third-order valence-corrected chi connectivity index (χ3v) is 6.66. The largest absolute Gasteiger partial charge is 0.383 e. The number of nitrogens with zero attached hydrogens (tertiary/aromatic N) is 2. The van der Waals surface area contributed by atoms with Crippen LogP contribution in [0.1, 0.15) is 17.4 Å². The molecule has 1 aromatic carbocycles. The first-order chi connectivity index (χ1) is 13.4. The number of amides is 1. The molecule has 1 N–H and O–H groups in total. The Bertz CT molecular complexity index is 1040. The zero-order valence-corrected chi connectivity index (χ0v) is 17.9. The summed E-state index contributed by atoms with van der Waals surface area (Å²) in [6.45, 7) is 6.53. The predicted octanol–water partition coefficient (Wildman–Crippen LogP) is 3.84. The monoisotopic (exact) mass is 417 g/mol. The zero-order valence-electron chi connectivity index (χ0n) is 16.3. The molecular weight excluding hydrogens is 394 g/mol. The number of anilines is 1. The average molecular weight is 418 g/mol. The Morgan fingerprint density at radius 2 is 2.04 bits per heavy atom. The minimum atomic E-state index is -0.416. The van der Waals surface area contributed by atoms with Crippen LogP contribution < -0.4 is 10.9 Å². The van der Waals surface area contributed by atoms with E-state index in [-0.39, 0.29) is 11.5 Å². The maximum Gasteiger partial charge on any atom is 0.263 e. The Morgan fingerprint density at radius 3 is 2.71 bits per heavy atom. The molecule has 0 aliphatic rings. The van der Waals surface area contributed by atoms with Gasteiger partial charge in [0.05, 0.1) is 23.8 Å². The summed E-state index contributed by atoms with van der Waals surface area (Å²) in [7, 11) is 1.60. The van der Waals surface area contributed by atoms with Gasteiger partial charge in [-0.05, 0) is 38.5 Å². The number of nitrogens with one attached hydrogen (secondary N) is 1. The first kappa shape index (κ1) is 20.6. The van der Waals surface area contributed by atoms with Gasteiger partial charge in [0.2, 0.25) is 5.91 Å². The minimum Gasteiger partial charge on any atom is -0.383 e. The van der Waals surface area contributed by atoms with Crippen LogP contribution in [0.25, 0.3) is 10.2 Å². The molecule has 0 aliphatic heterocycles. The van der Waals surface area contributed by atoms with Crippen LogP contribution in [0, 0.1) is 13.8 Å². The maximum atomic E-state index is 13.1. The van der Waals surface area contributed by atoms with E-state index in [2.05, 4.69) is 5.32 Å². The summed E-state index contributed by atoms with van der Waals surface area (Å²) in [6, 6.07) is 9.31. The van der Waals surface area contributed by atoms with Crippen LogP contribution >= 0.6 is 23.1 Å². The predicted molar refractivity (Wildman–Crippen MR) is 116 cm³/mol. The van der Waals surface area contributed by atoms with Crippen molar-refractivity contribution in [2.75, 3.05) is 19.0 Å². The molecule has 2 heterocycles. The fourth-order valence-electron chi connectivity index (χ4n) is 2.76. The molecule has 2 aromatic heterocycles. The lowest BCUT2D eigenvalue weighted by Crippen LogP contribution is -2.28. The Balaban J connectivity index is 1.92. The number of hydrogen-bond donors (Lipinski definition) is 1. The summed E-state index contributed by atoms with van der Waals surface area (Å²) < 4.78 is 6.77. The molecule has 0 radical (unpaired) electrons. The van der Waals surface area contributed by atoms with Gasteiger partial charge >= 0.3 is 0 Å². The molecule has 3 rings (SSSR count). The highest BCUT2D eigenvalue weighted by Crippen LogP contribution is 2.30. The zero-order chi connectivity index (χ0) is 20.3. The van der Waals surface area contributed by atoms with Crippen molar-refractivity contribution in [3.63, 3.8) is 0 Å². The molecule has 28 heavy (non-hydrogen) atoms. The van der Waals surface area contributed by atoms with Gasteiger partial charge in [0.1, 0.15) is 4.83 Å². The fourth-order valence-corrected chi connectivity index (χ4v) is 4.76. The van der Waals surface area contributed by atoms with Crippen molar-refractivity contribution in [3.8, 4) is 0 Å². The van der Waals surface area contributed by atoms with E-state index in [4.69, 9.17) is 9.72 Å². The van der Waals surface area contributed by atoms with E-state index in [9.17, 15) is 9.59 Å². The number of hydrogen-bond acceptors (Lipinski definition) is 6. The normalized spacial score (nSPS) is 12.3. The Labute approximate surface area is 171 Å². The number of thioether (sulfide) groups is 1. The third kappa shape index (κ3) is 4.29. The van der Waals surface area contributed by atoms with Gasteiger partial charge in [-0.25, -0.2) is 4.98 Å². The summed E-state index contributed by atoms with van der Waals surface area (Å²) in [5, 5.41) is 3.67. The topological polar surface area (TPSA) is 73.2 Å². The number of methoxy groups -OCH3 is 1. The van der Waals surface area contributed by atoms with E-state index >= 15 is 0 Å². The van der Waals surface area contributed by atoms with Crippen LogP contribution in [0.15, 0.2) is 40.3 Å². The van der Waals surface area contributed by atoms with E-state index in [1.807, 2.05) is 51.1 Å². The molecule has 3 aromatic rings. The lowest BCUT2D eigenvalue weighted by atomic mass is 10.2. The number of benzene rings is 1. The summed E-state index contributed by atoms with van der Waals surface area (Å²) in [6.07, 6.45) is 0. The number of carbonyl (C=O) groups is 1. The number of thiophene rings is 1. The van der Waals surface area contributed by atoms with Gasteiger partial charge in [0.15, 0.2) is 5.16 Å². The van der Waals surface area contributed by atoms with Gasteiger partial charge < -0.3 is 10.1 Å². The van der Waals surface area contributed by atoms with Gasteiger partial charge in [-0.1, -0.05) is 30.0 Å². The van der Waals surface area contributed by atoms with E-state index < -0.39 is 5.25 Å². The smallest absolute Gasteiger partial charge is 0.263 e. The average Bonchev–Trinajstić information content (AvgIpc) is 2.96. The number of fused-ring (bicyclic) bond motifs is 1. The van der Waals surface area contributed by atoms with Crippen molar-refractivity contribution in [1.29, 1.82) is 0 Å². The number of aryl methyl sites for hydroxylation is 2. The highest BCUT2D eigenvalue weighted by molar-refractivity contribution is 8.00. The van der Waals surface area contributed by atoms with Crippen molar-refractivity contribution >= 4 is 44.9 Å². The van der Waals surface area contributed by atoms with Crippen molar-refractivity contribution in [3.05, 3.63) is 51.1 Å². The molecule has 0 fully saturated rings. The SMILES string of the molecule is COCCn1c(S[C@H](C)C(=O)Nc2ccccc2)nc2sc(C)c(C)c2c1=O. The Kier molecular flexibility index (Phi) is 6.53. The third-order valence-electron chi connectivity index (χ3n) is 4.47. The molecule has 0 saturated heterocycles. The van der Waals surface area contributed by atoms with Gasteiger partial charge in [-0.15, -0.1) is 11.3 Å².